The lowest BCUT2D eigenvalue weighted by Crippen LogP contribution is -2.51. The molecule has 0 saturated carbocycles. The number of carbonyl (C=O) groups is 3. The van der Waals surface area contributed by atoms with Crippen LogP contribution in [0.4, 0.5) is 0 Å². The Morgan fingerprint density at radius 3 is 2.38 bits per heavy atom. The van der Waals surface area contributed by atoms with Gasteiger partial charge < -0.3 is 32.5 Å². The first kappa shape index (κ1) is 21.6. The Balaban J connectivity index is 2.48. The van der Waals surface area contributed by atoms with Crippen molar-refractivity contribution in [2.45, 2.75) is 31.5 Å². The molecule has 0 radical (unpaired) electrons. The first-order valence-corrected chi connectivity index (χ1v) is 8.43. The molecule has 0 bridgehead atoms. The maximum Gasteiger partial charge on any atom is 0.243 e. The minimum Gasteiger partial charge on any atom is -0.379 e. The summed E-state index contributed by atoms with van der Waals surface area (Å²) in [6.45, 7) is -0.0971. The minimum atomic E-state index is -0.906. The molecular weight excluding hydrogens is 338 g/mol. The van der Waals surface area contributed by atoms with Crippen LogP contribution in [0, 0.1) is 0 Å². The standard InChI is InChI=1S/C17H27N5O4/c18-10-15(24)22-13(9-12-5-2-1-3-6-12)17(26)21-11-16(25)20-8-4-7-14(19)23/h1-3,5-6,13-14,23H,4,7-11,18-19H2,(H,20,25)(H,21,26)(H,22,24)/t13-,14?/m1/s1. The van der Waals surface area contributed by atoms with Crippen molar-refractivity contribution in [2.24, 2.45) is 11.5 Å². The zero-order valence-electron chi connectivity index (χ0n) is 14.6. The van der Waals surface area contributed by atoms with Crippen LogP contribution >= 0.6 is 0 Å². The van der Waals surface area contributed by atoms with Crippen molar-refractivity contribution in [3.8, 4) is 0 Å². The number of hydrogen-bond donors (Lipinski definition) is 6. The van der Waals surface area contributed by atoms with Crippen molar-refractivity contribution in [1.82, 2.24) is 16.0 Å². The predicted molar refractivity (Wildman–Crippen MR) is 96.6 cm³/mol. The summed E-state index contributed by atoms with van der Waals surface area (Å²) in [6, 6.07) is 8.38. The van der Waals surface area contributed by atoms with Crippen molar-refractivity contribution >= 4 is 17.7 Å². The van der Waals surface area contributed by atoms with Gasteiger partial charge in [0, 0.05) is 13.0 Å². The van der Waals surface area contributed by atoms with Gasteiger partial charge in [-0.05, 0) is 18.4 Å². The molecule has 26 heavy (non-hydrogen) atoms. The Hall–Kier alpha value is -2.49. The monoisotopic (exact) mass is 365 g/mol. The lowest BCUT2D eigenvalue weighted by atomic mass is 10.1. The maximum atomic E-state index is 12.3. The van der Waals surface area contributed by atoms with Gasteiger partial charge in [0.2, 0.25) is 17.7 Å². The fraction of sp³-hybridized carbons (Fsp3) is 0.471. The van der Waals surface area contributed by atoms with Gasteiger partial charge in [0.1, 0.15) is 12.3 Å². The molecule has 0 spiro atoms. The van der Waals surface area contributed by atoms with Gasteiger partial charge in [-0.2, -0.15) is 0 Å². The summed E-state index contributed by atoms with van der Waals surface area (Å²) in [7, 11) is 0. The average molecular weight is 365 g/mol. The molecule has 9 nitrogen and oxygen atoms in total. The summed E-state index contributed by atoms with van der Waals surface area (Å²) < 4.78 is 0. The highest BCUT2D eigenvalue weighted by Crippen LogP contribution is 2.03. The highest BCUT2D eigenvalue weighted by molar-refractivity contribution is 5.91. The van der Waals surface area contributed by atoms with E-state index in [1.165, 1.54) is 0 Å². The second-order valence-corrected chi connectivity index (χ2v) is 5.79. The van der Waals surface area contributed by atoms with Crippen LogP contribution in [0.2, 0.25) is 0 Å². The van der Waals surface area contributed by atoms with Gasteiger partial charge in [-0.1, -0.05) is 30.3 Å². The van der Waals surface area contributed by atoms with Gasteiger partial charge in [-0.25, -0.2) is 0 Å². The topological polar surface area (TPSA) is 160 Å². The first-order valence-electron chi connectivity index (χ1n) is 8.43. The molecule has 2 atom stereocenters. The number of aliphatic hydroxyl groups excluding tert-OH is 1. The van der Waals surface area contributed by atoms with Gasteiger partial charge in [0.05, 0.1) is 13.1 Å². The molecule has 0 aromatic heterocycles. The van der Waals surface area contributed by atoms with E-state index in [-0.39, 0.29) is 25.4 Å². The van der Waals surface area contributed by atoms with E-state index in [1.807, 2.05) is 30.3 Å². The molecule has 0 saturated heterocycles. The molecule has 0 aliphatic rings. The number of nitrogens with two attached hydrogens (primary N) is 2. The number of hydrogen-bond acceptors (Lipinski definition) is 6. The number of benzene rings is 1. The molecule has 9 heteroatoms. The molecule has 1 unspecified atom stereocenters. The third-order valence-electron chi connectivity index (χ3n) is 3.54. The summed E-state index contributed by atoms with van der Waals surface area (Å²) in [5.74, 6) is -1.29. The molecule has 8 N–H and O–H groups in total. The van der Waals surface area contributed by atoms with E-state index in [0.717, 1.165) is 5.56 Å². The third kappa shape index (κ3) is 9.11. The molecule has 1 rings (SSSR count). The van der Waals surface area contributed by atoms with E-state index in [0.29, 0.717) is 19.4 Å². The Bertz CT molecular complexity index is 580. The van der Waals surface area contributed by atoms with Crippen LogP contribution in [0.1, 0.15) is 18.4 Å². The van der Waals surface area contributed by atoms with Crippen LogP contribution in [-0.4, -0.2) is 54.7 Å². The average Bonchev–Trinajstić information content (AvgIpc) is 2.63. The molecular formula is C17H27N5O4. The maximum absolute atomic E-state index is 12.3. The molecule has 3 amide bonds. The van der Waals surface area contributed by atoms with Crippen LogP contribution in [0.25, 0.3) is 0 Å². The van der Waals surface area contributed by atoms with E-state index in [2.05, 4.69) is 16.0 Å². The Morgan fingerprint density at radius 1 is 1.08 bits per heavy atom. The van der Waals surface area contributed by atoms with Crippen LogP contribution in [0.5, 0.6) is 0 Å². The Kier molecular flexibility index (Phi) is 9.91. The summed E-state index contributed by atoms with van der Waals surface area (Å²) in [4.78, 5) is 35.6. The molecule has 144 valence electrons. The summed E-state index contributed by atoms with van der Waals surface area (Å²) in [6.07, 6.45) is 0.280. The molecule has 0 aliphatic carbocycles. The van der Waals surface area contributed by atoms with E-state index < -0.39 is 24.1 Å². The highest BCUT2D eigenvalue weighted by Gasteiger charge is 2.21. The van der Waals surface area contributed by atoms with Gasteiger partial charge in [0.25, 0.3) is 0 Å². The van der Waals surface area contributed by atoms with Crippen LogP contribution in [0.3, 0.4) is 0 Å². The van der Waals surface area contributed by atoms with Crippen molar-refractivity contribution < 1.29 is 19.5 Å². The summed E-state index contributed by atoms with van der Waals surface area (Å²) >= 11 is 0. The fourth-order valence-corrected chi connectivity index (χ4v) is 2.20. The minimum absolute atomic E-state index is 0.214. The van der Waals surface area contributed by atoms with Crippen molar-refractivity contribution in [2.75, 3.05) is 19.6 Å². The zero-order valence-corrected chi connectivity index (χ0v) is 14.6. The molecule has 0 fully saturated rings. The lowest BCUT2D eigenvalue weighted by Gasteiger charge is -2.18. The van der Waals surface area contributed by atoms with Crippen molar-refractivity contribution in [3.63, 3.8) is 0 Å². The molecule has 0 aliphatic heterocycles. The van der Waals surface area contributed by atoms with Gasteiger partial charge in [-0.15, -0.1) is 0 Å². The smallest absolute Gasteiger partial charge is 0.243 e. The third-order valence-corrected chi connectivity index (χ3v) is 3.54. The van der Waals surface area contributed by atoms with Gasteiger partial charge in [-0.3, -0.25) is 14.4 Å². The quantitative estimate of drug-likeness (QED) is 0.196. The second kappa shape index (κ2) is 12.0. The molecule has 0 heterocycles. The highest BCUT2D eigenvalue weighted by atomic mass is 16.3. The van der Waals surface area contributed by atoms with Crippen molar-refractivity contribution in [3.05, 3.63) is 35.9 Å². The van der Waals surface area contributed by atoms with Crippen LogP contribution in [0.15, 0.2) is 30.3 Å². The van der Waals surface area contributed by atoms with Crippen LogP contribution in [-0.2, 0) is 20.8 Å². The summed E-state index contributed by atoms with van der Waals surface area (Å²) in [5.41, 5.74) is 11.4. The number of nitrogens with one attached hydrogen (secondary N) is 3. The second-order valence-electron chi connectivity index (χ2n) is 5.79. The fourth-order valence-electron chi connectivity index (χ4n) is 2.20. The van der Waals surface area contributed by atoms with Gasteiger partial charge in [0.15, 0.2) is 0 Å². The van der Waals surface area contributed by atoms with Crippen molar-refractivity contribution in [1.29, 1.82) is 0 Å². The normalized spacial score (nSPS) is 12.7. The lowest BCUT2D eigenvalue weighted by molar-refractivity contribution is -0.129. The predicted octanol–water partition coefficient (Wildman–Crippen LogP) is -2.04. The largest absolute Gasteiger partial charge is 0.379 e. The van der Waals surface area contributed by atoms with Gasteiger partial charge >= 0.3 is 0 Å². The SMILES string of the molecule is NCC(=O)N[C@H](Cc1ccccc1)C(=O)NCC(=O)NCCCC(N)O. The van der Waals surface area contributed by atoms with E-state index >= 15 is 0 Å². The molecule has 1 aromatic carbocycles. The number of aliphatic hydroxyl groups is 1. The van der Waals surface area contributed by atoms with E-state index in [1.54, 1.807) is 0 Å². The number of amides is 3. The van der Waals surface area contributed by atoms with E-state index in [4.69, 9.17) is 16.6 Å². The van der Waals surface area contributed by atoms with E-state index in [9.17, 15) is 14.4 Å². The Labute approximate surface area is 152 Å². The number of carbonyl (C=O) groups excluding carboxylic acids is 3. The first-order chi connectivity index (χ1) is 12.4. The van der Waals surface area contributed by atoms with Crippen LogP contribution < -0.4 is 27.4 Å². The molecule has 1 aromatic rings. The Morgan fingerprint density at radius 2 is 1.77 bits per heavy atom. The number of rotatable bonds is 11. The zero-order chi connectivity index (χ0) is 19.4. The summed E-state index contributed by atoms with van der Waals surface area (Å²) in [5, 5.41) is 16.6.